The number of amides is 1. The summed E-state index contributed by atoms with van der Waals surface area (Å²) in [6.07, 6.45) is 0. The van der Waals surface area contributed by atoms with Crippen molar-refractivity contribution in [1.29, 1.82) is 0 Å². The van der Waals surface area contributed by atoms with Crippen molar-refractivity contribution in [3.63, 3.8) is 0 Å². The van der Waals surface area contributed by atoms with Crippen molar-refractivity contribution in [3.8, 4) is 0 Å². The van der Waals surface area contributed by atoms with Crippen LogP contribution in [0.1, 0.15) is 12.5 Å². The maximum absolute atomic E-state index is 11.9. The van der Waals surface area contributed by atoms with Gasteiger partial charge >= 0.3 is 0 Å². The Morgan fingerprint density at radius 3 is 2.56 bits per heavy atom. The van der Waals surface area contributed by atoms with Gasteiger partial charge in [-0.25, -0.2) is 0 Å². The second kappa shape index (κ2) is 5.98. The number of hydrogen-bond donors (Lipinski definition) is 2. The first kappa shape index (κ1) is 13.1. The Labute approximate surface area is 108 Å². The first-order valence-corrected chi connectivity index (χ1v) is 6.50. The van der Waals surface area contributed by atoms with E-state index in [2.05, 4.69) is 22.5 Å². The third-order valence-corrected chi connectivity index (χ3v) is 3.36. The van der Waals surface area contributed by atoms with Crippen LogP contribution in [-0.4, -0.2) is 43.0 Å². The van der Waals surface area contributed by atoms with Gasteiger partial charge in [-0.05, 0) is 25.6 Å². The molecule has 4 nitrogen and oxygen atoms in total. The number of aryl methyl sites for hydroxylation is 1. The molecule has 1 heterocycles. The zero-order chi connectivity index (χ0) is 13.0. The highest BCUT2D eigenvalue weighted by Gasteiger charge is 2.24. The summed E-state index contributed by atoms with van der Waals surface area (Å²) in [7, 11) is 0. The monoisotopic (exact) mass is 247 g/mol. The summed E-state index contributed by atoms with van der Waals surface area (Å²) in [4.78, 5) is 14.1. The lowest BCUT2D eigenvalue weighted by Gasteiger charge is -2.37. The summed E-state index contributed by atoms with van der Waals surface area (Å²) in [5.74, 6) is 0.0626. The van der Waals surface area contributed by atoms with Gasteiger partial charge in [-0.3, -0.25) is 9.69 Å². The number of carbonyl (C=O) groups is 1. The Balaban J connectivity index is 1.85. The molecule has 0 spiro atoms. The largest absolute Gasteiger partial charge is 0.325 e. The molecule has 1 aromatic rings. The van der Waals surface area contributed by atoms with Crippen molar-refractivity contribution in [2.75, 3.05) is 31.5 Å². The maximum Gasteiger partial charge on any atom is 0.238 e. The molecular weight excluding hydrogens is 226 g/mol. The fourth-order valence-electron chi connectivity index (χ4n) is 2.05. The normalized spacial score (nSPS) is 15.5. The van der Waals surface area contributed by atoms with Gasteiger partial charge in [0.05, 0.1) is 6.54 Å². The van der Waals surface area contributed by atoms with Gasteiger partial charge in [-0.2, -0.15) is 0 Å². The van der Waals surface area contributed by atoms with E-state index in [4.69, 9.17) is 0 Å². The Hall–Kier alpha value is -1.39. The topological polar surface area (TPSA) is 44.4 Å². The van der Waals surface area contributed by atoms with Gasteiger partial charge < -0.3 is 10.6 Å². The predicted octanol–water partition coefficient (Wildman–Crippen LogP) is 1.23. The zero-order valence-corrected chi connectivity index (χ0v) is 11.1. The minimum atomic E-state index is 0.0626. The fourth-order valence-corrected chi connectivity index (χ4v) is 2.05. The molecule has 0 unspecified atom stereocenters. The first-order valence-electron chi connectivity index (χ1n) is 6.50. The highest BCUT2D eigenvalue weighted by atomic mass is 16.2. The van der Waals surface area contributed by atoms with E-state index >= 15 is 0 Å². The lowest BCUT2D eigenvalue weighted by atomic mass is 10.1. The van der Waals surface area contributed by atoms with E-state index in [1.807, 2.05) is 31.2 Å². The molecule has 4 heteroatoms. The third kappa shape index (κ3) is 3.31. The van der Waals surface area contributed by atoms with Crippen molar-refractivity contribution in [3.05, 3.63) is 29.8 Å². The van der Waals surface area contributed by atoms with Crippen LogP contribution in [0.4, 0.5) is 5.69 Å². The van der Waals surface area contributed by atoms with E-state index in [9.17, 15) is 4.79 Å². The van der Waals surface area contributed by atoms with Crippen LogP contribution in [0.2, 0.25) is 0 Å². The predicted molar refractivity (Wildman–Crippen MR) is 73.7 cm³/mol. The standard InChI is InChI=1S/C14H21N3O/c1-3-17(13-8-15-9-13)10-14(18)16-12-6-4-11(2)5-7-12/h4-7,13,15H,3,8-10H2,1-2H3,(H,16,18). The number of nitrogens with zero attached hydrogens (tertiary/aromatic N) is 1. The highest BCUT2D eigenvalue weighted by molar-refractivity contribution is 5.92. The van der Waals surface area contributed by atoms with Gasteiger partial charge in [0.15, 0.2) is 0 Å². The van der Waals surface area contributed by atoms with Crippen LogP contribution in [0.15, 0.2) is 24.3 Å². The summed E-state index contributed by atoms with van der Waals surface area (Å²) < 4.78 is 0. The Bertz CT molecular complexity index is 398. The van der Waals surface area contributed by atoms with E-state index in [1.165, 1.54) is 5.56 Å². The molecule has 18 heavy (non-hydrogen) atoms. The molecule has 1 aliphatic heterocycles. The Morgan fingerprint density at radius 2 is 2.06 bits per heavy atom. The SMILES string of the molecule is CCN(CC(=O)Nc1ccc(C)cc1)C1CNC1. The molecule has 0 saturated carbocycles. The van der Waals surface area contributed by atoms with Crippen molar-refractivity contribution >= 4 is 11.6 Å². The Morgan fingerprint density at radius 1 is 1.39 bits per heavy atom. The molecule has 2 rings (SSSR count). The van der Waals surface area contributed by atoms with Gasteiger partial charge in [-0.15, -0.1) is 0 Å². The number of likely N-dealkylation sites (N-methyl/N-ethyl adjacent to an activating group) is 1. The fraction of sp³-hybridized carbons (Fsp3) is 0.500. The van der Waals surface area contributed by atoms with E-state index in [1.54, 1.807) is 0 Å². The molecule has 0 atom stereocenters. The molecule has 0 radical (unpaired) electrons. The minimum Gasteiger partial charge on any atom is -0.325 e. The molecule has 1 saturated heterocycles. The van der Waals surface area contributed by atoms with Gasteiger partial charge in [0, 0.05) is 24.8 Å². The lowest BCUT2D eigenvalue weighted by Crippen LogP contribution is -2.58. The van der Waals surface area contributed by atoms with Gasteiger partial charge in [0.1, 0.15) is 0 Å². The van der Waals surface area contributed by atoms with Gasteiger partial charge in [0.2, 0.25) is 5.91 Å². The van der Waals surface area contributed by atoms with Crippen molar-refractivity contribution in [2.24, 2.45) is 0 Å². The third-order valence-electron chi connectivity index (χ3n) is 3.36. The zero-order valence-electron chi connectivity index (χ0n) is 11.1. The molecule has 98 valence electrons. The molecular formula is C14H21N3O. The summed E-state index contributed by atoms with van der Waals surface area (Å²) in [6, 6.07) is 8.40. The van der Waals surface area contributed by atoms with E-state index in [-0.39, 0.29) is 5.91 Å². The summed E-state index contributed by atoms with van der Waals surface area (Å²) in [6.45, 7) is 7.49. The number of rotatable bonds is 5. The van der Waals surface area contributed by atoms with Crippen LogP contribution in [0.25, 0.3) is 0 Å². The van der Waals surface area contributed by atoms with Crippen molar-refractivity contribution in [2.45, 2.75) is 19.9 Å². The summed E-state index contributed by atoms with van der Waals surface area (Å²) in [5.41, 5.74) is 2.07. The van der Waals surface area contributed by atoms with E-state index in [0.29, 0.717) is 12.6 Å². The van der Waals surface area contributed by atoms with Crippen LogP contribution in [-0.2, 0) is 4.79 Å². The molecule has 0 aromatic heterocycles. The van der Waals surface area contributed by atoms with E-state index < -0.39 is 0 Å². The van der Waals surface area contributed by atoms with E-state index in [0.717, 1.165) is 25.3 Å². The first-order chi connectivity index (χ1) is 8.69. The molecule has 1 fully saturated rings. The molecule has 1 aliphatic rings. The molecule has 2 N–H and O–H groups in total. The van der Waals surface area contributed by atoms with Crippen LogP contribution in [0, 0.1) is 6.92 Å². The number of carbonyl (C=O) groups excluding carboxylic acids is 1. The van der Waals surface area contributed by atoms with Crippen LogP contribution in [0.5, 0.6) is 0 Å². The quantitative estimate of drug-likeness (QED) is 0.822. The number of hydrogen-bond acceptors (Lipinski definition) is 3. The smallest absolute Gasteiger partial charge is 0.238 e. The van der Waals surface area contributed by atoms with Gasteiger partial charge in [0.25, 0.3) is 0 Å². The Kier molecular flexibility index (Phi) is 4.33. The second-order valence-corrected chi connectivity index (χ2v) is 4.79. The maximum atomic E-state index is 11.9. The number of nitrogens with one attached hydrogen (secondary N) is 2. The van der Waals surface area contributed by atoms with Gasteiger partial charge in [-0.1, -0.05) is 24.6 Å². The summed E-state index contributed by atoms with van der Waals surface area (Å²) >= 11 is 0. The second-order valence-electron chi connectivity index (χ2n) is 4.79. The van der Waals surface area contributed by atoms with Crippen LogP contribution in [0.3, 0.4) is 0 Å². The molecule has 0 aliphatic carbocycles. The lowest BCUT2D eigenvalue weighted by molar-refractivity contribution is -0.118. The van der Waals surface area contributed by atoms with Crippen LogP contribution >= 0.6 is 0 Å². The molecule has 1 amide bonds. The minimum absolute atomic E-state index is 0.0626. The average Bonchev–Trinajstić information content (AvgIpc) is 2.29. The molecule has 0 bridgehead atoms. The summed E-state index contributed by atoms with van der Waals surface area (Å²) in [5, 5.41) is 6.17. The number of benzene rings is 1. The molecule has 1 aromatic carbocycles. The van der Waals surface area contributed by atoms with Crippen molar-refractivity contribution in [1.82, 2.24) is 10.2 Å². The highest BCUT2D eigenvalue weighted by Crippen LogP contribution is 2.09. The average molecular weight is 247 g/mol. The van der Waals surface area contributed by atoms with Crippen LogP contribution < -0.4 is 10.6 Å². The number of anilines is 1. The van der Waals surface area contributed by atoms with Crippen molar-refractivity contribution < 1.29 is 4.79 Å².